The van der Waals surface area contributed by atoms with Crippen LogP contribution in [0, 0.1) is 11.3 Å². The fraction of sp³-hybridized carbons (Fsp3) is 0.464. The number of carboxylic acids is 1. The first-order valence-electron chi connectivity index (χ1n) is 12.6. The number of likely N-dealkylation sites (N-methyl/N-ethyl adjacent to an activating group) is 1. The van der Waals surface area contributed by atoms with Gasteiger partial charge in [-0.15, -0.1) is 0 Å². The van der Waals surface area contributed by atoms with Gasteiger partial charge in [0.05, 0.1) is 35.9 Å². The van der Waals surface area contributed by atoms with Gasteiger partial charge in [-0.25, -0.2) is 4.79 Å². The zero-order valence-corrected chi connectivity index (χ0v) is 21.2. The summed E-state index contributed by atoms with van der Waals surface area (Å²) in [5, 5.41) is 36.3. The molecule has 1 heterocycles. The molecular formula is C28H34N4O5. The van der Waals surface area contributed by atoms with Gasteiger partial charge in [-0.2, -0.15) is 5.26 Å². The topological polar surface area (TPSA) is 135 Å². The maximum atomic E-state index is 12.6. The predicted octanol–water partition coefficient (Wildman–Crippen LogP) is 2.24. The molecule has 0 aromatic heterocycles. The van der Waals surface area contributed by atoms with Crippen molar-refractivity contribution in [3.8, 4) is 11.8 Å². The number of carbonyl (C=O) groups is 2. The molecule has 0 unspecified atom stereocenters. The molecular weight excluding hydrogens is 472 g/mol. The van der Waals surface area contributed by atoms with Crippen LogP contribution >= 0.6 is 0 Å². The Labute approximate surface area is 217 Å². The van der Waals surface area contributed by atoms with E-state index in [1.807, 2.05) is 6.07 Å². The van der Waals surface area contributed by atoms with Crippen LogP contribution in [-0.2, 0) is 11.2 Å². The number of nitriles is 1. The highest BCUT2D eigenvalue weighted by Crippen LogP contribution is 2.49. The SMILES string of the molecule is CN(C)CC(=O)N[C@@H](Cc1cccc(C#N)c1)[C@H](O)CN[C@H]1CC2(CCC2)Oc2ccc(C(=O)O)cc21. The average Bonchev–Trinajstić information content (AvgIpc) is 2.84. The van der Waals surface area contributed by atoms with Gasteiger partial charge in [0.2, 0.25) is 5.91 Å². The largest absolute Gasteiger partial charge is 0.487 e. The number of hydrogen-bond acceptors (Lipinski definition) is 7. The molecule has 1 aliphatic carbocycles. The second-order valence-corrected chi connectivity index (χ2v) is 10.4. The number of carbonyl (C=O) groups excluding carboxylic acids is 1. The fourth-order valence-electron chi connectivity index (χ4n) is 5.11. The van der Waals surface area contributed by atoms with Crippen LogP contribution in [-0.4, -0.2) is 71.9 Å². The predicted molar refractivity (Wildman–Crippen MR) is 137 cm³/mol. The van der Waals surface area contributed by atoms with E-state index < -0.39 is 18.1 Å². The molecule has 1 saturated carbocycles. The number of rotatable bonds is 10. The lowest BCUT2D eigenvalue weighted by atomic mass is 9.72. The van der Waals surface area contributed by atoms with Crippen molar-refractivity contribution >= 4 is 11.9 Å². The Bertz CT molecular complexity index is 1190. The zero-order valence-electron chi connectivity index (χ0n) is 21.2. The number of nitrogens with one attached hydrogen (secondary N) is 2. The normalized spacial score (nSPS) is 19.2. The lowest BCUT2D eigenvalue weighted by molar-refractivity contribution is -0.123. The Morgan fingerprint density at radius 2 is 2.03 bits per heavy atom. The van der Waals surface area contributed by atoms with Gasteiger partial charge in [0, 0.05) is 24.6 Å². The zero-order chi connectivity index (χ0) is 26.6. The third kappa shape index (κ3) is 6.46. The highest BCUT2D eigenvalue weighted by atomic mass is 16.5. The summed E-state index contributed by atoms with van der Waals surface area (Å²) in [7, 11) is 3.60. The summed E-state index contributed by atoms with van der Waals surface area (Å²) in [6.45, 7) is 0.366. The van der Waals surface area contributed by atoms with Crippen molar-refractivity contribution in [2.24, 2.45) is 0 Å². The molecule has 4 rings (SSSR count). The fourth-order valence-corrected chi connectivity index (χ4v) is 5.11. The maximum Gasteiger partial charge on any atom is 0.335 e. The molecule has 0 radical (unpaired) electrons. The van der Waals surface area contributed by atoms with Gasteiger partial charge < -0.3 is 30.5 Å². The van der Waals surface area contributed by atoms with E-state index >= 15 is 0 Å². The number of carboxylic acid groups (broad SMARTS) is 1. The lowest BCUT2D eigenvalue weighted by Crippen LogP contribution is -2.53. The second kappa shape index (κ2) is 11.3. The molecule has 1 amide bonds. The minimum Gasteiger partial charge on any atom is -0.487 e. The number of aliphatic hydroxyl groups is 1. The number of aromatic carboxylic acids is 1. The summed E-state index contributed by atoms with van der Waals surface area (Å²) in [4.78, 5) is 25.9. The second-order valence-electron chi connectivity index (χ2n) is 10.4. The standard InChI is InChI=1S/C28H34N4O5/c1-32(2)17-26(34)31-22(12-18-5-3-6-19(11-18)15-29)24(33)16-30-23-14-28(9-4-10-28)37-25-8-7-20(27(35)36)13-21(23)25/h3,5-8,11,13,22-24,30,33H,4,9-10,12,14,16-17H2,1-2H3,(H,31,34)(H,35,36)/t22-,23-,24+/m0/s1. The highest BCUT2D eigenvalue weighted by molar-refractivity contribution is 5.88. The van der Waals surface area contributed by atoms with Crippen molar-refractivity contribution in [1.82, 2.24) is 15.5 Å². The molecule has 37 heavy (non-hydrogen) atoms. The first kappa shape index (κ1) is 26.6. The van der Waals surface area contributed by atoms with E-state index in [0.717, 1.165) is 30.4 Å². The van der Waals surface area contributed by atoms with Crippen molar-refractivity contribution in [3.63, 3.8) is 0 Å². The van der Waals surface area contributed by atoms with Crippen LogP contribution in [0.2, 0.25) is 0 Å². The summed E-state index contributed by atoms with van der Waals surface area (Å²) in [5.41, 5.74) is 2.04. The number of fused-ring (bicyclic) bond motifs is 1. The van der Waals surface area contributed by atoms with Gasteiger partial charge in [-0.1, -0.05) is 12.1 Å². The smallest absolute Gasteiger partial charge is 0.335 e. The number of hydrogen-bond donors (Lipinski definition) is 4. The number of aliphatic hydroxyl groups excluding tert-OH is 1. The van der Waals surface area contributed by atoms with Crippen molar-refractivity contribution in [2.75, 3.05) is 27.2 Å². The van der Waals surface area contributed by atoms with Crippen molar-refractivity contribution in [3.05, 3.63) is 64.7 Å². The van der Waals surface area contributed by atoms with Gasteiger partial charge >= 0.3 is 5.97 Å². The molecule has 0 saturated heterocycles. The Kier molecular flexibility index (Phi) is 8.13. The van der Waals surface area contributed by atoms with Crippen LogP contribution < -0.4 is 15.4 Å². The molecule has 2 aliphatic rings. The van der Waals surface area contributed by atoms with E-state index in [9.17, 15) is 25.1 Å². The Balaban J connectivity index is 1.51. The van der Waals surface area contributed by atoms with Gasteiger partial charge in [-0.3, -0.25) is 4.79 Å². The summed E-state index contributed by atoms with van der Waals surface area (Å²) in [6.07, 6.45) is 3.06. The number of amides is 1. The molecule has 9 heteroatoms. The molecule has 1 aliphatic heterocycles. The minimum absolute atomic E-state index is 0.183. The lowest BCUT2D eigenvalue weighted by Gasteiger charge is -2.48. The minimum atomic E-state index is -1.01. The van der Waals surface area contributed by atoms with E-state index in [1.54, 1.807) is 55.4 Å². The molecule has 1 fully saturated rings. The summed E-state index contributed by atoms with van der Waals surface area (Å²) < 4.78 is 6.28. The van der Waals surface area contributed by atoms with Gasteiger partial charge in [-0.05, 0) is 75.7 Å². The molecule has 4 N–H and O–H groups in total. The molecule has 196 valence electrons. The van der Waals surface area contributed by atoms with Crippen LogP contribution in [0.4, 0.5) is 0 Å². The van der Waals surface area contributed by atoms with Crippen LogP contribution in [0.3, 0.4) is 0 Å². The average molecular weight is 507 g/mol. The Morgan fingerprint density at radius 3 is 2.68 bits per heavy atom. The van der Waals surface area contributed by atoms with Gasteiger partial charge in [0.25, 0.3) is 0 Å². The Hall–Kier alpha value is -3.45. The van der Waals surface area contributed by atoms with E-state index in [2.05, 4.69) is 16.7 Å². The molecule has 3 atom stereocenters. The van der Waals surface area contributed by atoms with Crippen LogP contribution in [0.5, 0.6) is 5.75 Å². The first-order valence-corrected chi connectivity index (χ1v) is 12.6. The monoisotopic (exact) mass is 506 g/mol. The van der Waals surface area contributed by atoms with Gasteiger partial charge in [0.15, 0.2) is 0 Å². The first-order chi connectivity index (χ1) is 17.7. The third-order valence-corrected chi connectivity index (χ3v) is 7.16. The van der Waals surface area contributed by atoms with E-state index in [-0.39, 0.29) is 36.2 Å². The number of benzene rings is 2. The quantitative estimate of drug-likeness (QED) is 0.385. The molecule has 0 bridgehead atoms. The van der Waals surface area contributed by atoms with Crippen LogP contribution in [0.15, 0.2) is 42.5 Å². The number of nitrogens with zero attached hydrogens (tertiary/aromatic N) is 2. The molecule has 1 spiro atoms. The summed E-state index contributed by atoms with van der Waals surface area (Å²) in [6, 6.07) is 13.4. The summed E-state index contributed by atoms with van der Waals surface area (Å²) in [5.74, 6) is -0.540. The van der Waals surface area contributed by atoms with E-state index in [0.29, 0.717) is 24.2 Å². The highest BCUT2D eigenvalue weighted by Gasteiger charge is 2.45. The van der Waals surface area contributed by atoms with Crippen molar-refractivity contribution < 1.29 is 24.5 Å². The maximum absolute atomic E-state index is 12.6. The van der Waals surface area contributed by atoms with Crippen LogP contribution in [0.25, 0.3) is 0 Å². The van der Waals surface area contributed by atoms with Crippen LogP contribution in [0.1, 0.15) is 58.8 Å². The van der Waals surface area contributed by atoms with E-state index in [4.69, 9.17) is 4.74 Å². The number of ether oxygens (including phenoxy) is 1. The van der Waals surface area contributed by atoms with Crippen molar-refractivity contribution in [1.29, 1.82) is 5.26 Å². The third-order valence-electron chi connectivity index (χ3n) is 7.16. The Morgan fingerprint density at radius 1 is 1.24 bits per heavy atom. The molecule has 2 aromatic rings. The summed E-state index contributed by atoms with van der Waals surface area (Å²) >= 11 is 0. The van der Waals surface area contributed by atoms with E-state index in [1.165, 1.54) is 0 Å². The molecule has 2 aromatic carbocycles. The van der Waals surface area contributed by atoms with Gasteiger partial charge in [0.1, 0.15) is 11.4 Å². The molecule has 9 nitrogen and oxygen atoms in total. The van der Waals surface area contributed by atoms with Crippen molar-refractivity contribution in [2.45, 2.75) is 55.9 Å².